The first kappa shape index (κ1) is 16.1. The predicted molar refractivity (Wildman–Crippen MR) is 64.5 cm³/mol. The fourth-order valence-corrected chi connectivity index (χ4v) is 1.71. The number of rotatable bonds is 7. The molecule has 0 aromatic carbocycles. The van der Waals surface area contributed by atoms with Gasteiger partial charge in [-0.25, -0.2) is 0 Å². The van der Waals surface area contributed by atoms with Crippen molar-refractivity contribution in [3.05, 3.63) is 0 Å². The highest BCUT2D eigenvalue weighted by Gasteiger charge is 2.36. The summed E-state index contributed by atoms with van der Waals surface area (Å²) in [6, 6.07) is 0. The molecule has 0 saturated heterocycles. The number of quaternary nitrogens is 1. The average molecular weight is 246 g/mol. The molecule has 0 radical (unpaired) electrons. The van der Waals surface area contributed by atoms with E-state index in [0.29, 0.717) is 4.48 Å². The van der Waals surface area contributed by atoms with Crippen LogP contribution in [0.1, 0.15) is 20.3 Å². The van der Waals surface area contributed by atoms with E-state index in [1.807, 2.05) is 35.0 Å². The summed E-state index contributed by atoms with van der Waals surface area (Å²) in [6.45, 7) is 3.94. The van der Waals surface area contributed by atoms with Gasteiger partial charge in [0.05, 0.1) is 21.1 Å². The Morgan fingerprint density at radius 1 is 1.18 bits per heavy atom. The van der Waals surface area contributed by atoms with E-state index >= 15 is 0 Å². The van der Waals surface area contributed by atoms with Crippen LogP contribution in [-0.4, -0.2) is 60.2 Å². The second-order valence-electron chi connectivity index (χ2n) is 5.92. The lowest BCUT2D eigenvalue weighted by molar-refractivity contribution is -0.873. The van der Waals surface area contributed by atoms with Gasteiger partial charge >= 0.3 is 5.97 Å². The minimum absolute atomic E-state index is 0.0978. The molecule has 17 heavy (non-hydrogen) atoms. The van der Waals surface area contributed by atoms with E-state index < -0.39 is 23.8 Å². The summed E-state index contributed by atoms with van der Waals surface area (Å²) in [5, 5.41) is 18.9. The Morgan fingerprint density at radius 2 is 1.65 bits per heavy atom. The highest BCUT2D eigenvalue weighted by Crippen LogP contribution is 2.14. The summed E-state index contributed by atoms with van der Waals surface area (Å²) in [5.41, 5.74) is 0. The smallest absolute Gasteiger partial charge is 0.316 e. The molecule has 0 unspecified atom stereocenters. The quantitative estimate of drug-likeness (QED) is 0.503. The molecule has 0 aromatic heterocycles. The van der Waals surface area contributed by atoms with Crippen molar-refractivity contribution in [1.82, 2.24) is 0 Å². The van der Waals surface area contributed by atoms with Crippen LogP contribution in [0.5, 0.6) is 0 Å². The van der Waals surface area contributed by atoms with Crippen molar-refractivity contribution in [3.8, 4) is 0 Å². The molecule has 2 atom stereocenters. The Kier molecular flexibility index (Phi) is 5.78. The number of aliphatic carboxylic acids is 1. The van der Waals surface area contributed by atoms with Crippen LogP contribution in [0.3, 0.4) is 0 Å². The molecule has 2 N–H and O–H groups in total. The Bertz CT molecular complexity index is 281. The molecule has 100 valence electrons. The first-order valence-corrected chi connectivity index (χ1v) is 5.78. The standard InChI is InChI=1S/C12H23NO4/c1-8(2)6-9(14)11(12(16)17)10(15)7-13(3,4)5/h8,10-11,15H,6-7H2,1-5H3/p+1/t10-,11+/m1/s1. The van der Waals surface area contributed by atoms with Crippen LogP contribution in [-0.2, 0) is 9.59 Å². The number of carboxylic acid groups (broad SMARTS) is 1. The Labute approximate surface area is 103 Å². The molecule has 5 heteroatoms. The highest BCUT2D eigenvalue weighted by molar-refractivity contribution is 5.98. The normalized spacial score (nSPS) is 15.7. The van der Waals surface area contributed by atoms with Gasteiger partial charge in [-0.05, 0) is 5.92 Å². The van der Waals surface area contributed by atoms with Crippen molar-refractivity contribution in [2.75, 3.05) is 27.7 Å². The van der Waals surface area contributed by atoms with Gasteiger partial charge in [0.2, 0.25) is 0 Å². The molecule has 0 aliphatic rings. The summed E-state index contributed by atoms with van der Waals surface area (Å²) in [4.78, 5) is 22.8. The molecule has 0 spiro atoms. The number of hydrogen-bond acceptors (Lipinski definition) is 3. The van der Waals surface area contributed by atoms with Gasteiger partial charge in [0.1, 0.15) is 24.3 Å². The number of carbonyl (C=O) groups excluding carboxylic acids is 1. The summed E-state index contributed by atoms with van der Waals surface area (Å²) in [6.07, 6.45) is -0.954. The van der Waals surface area contributed by atoms with Gasteiger partial charge in [0, 0.05) is 6.42 Å². The fraction of sp³-hybridized carbons (Fsp3) is 0.833. The molecule has 0 aromatic rings. The van der Waals surface area contributed by atoms with E-state index in [0.717, 1.165) is 0 Å². The largest absolute Gasteiger partial charge is 0.481 e. The Hall–Kier alpha value is -0.940. The minimum atomic E-state index is -1.31. The van der Waals surface area contributed by atoms with Crippen LogP contribution in [0.25, 0.3) is 0 Å². The summed E-state index contributed by atoms with van der Waals surface area (Å²) in [5.74, 6) is -2.85. The molecular weight excluding hydrogens is 222 g/mol. The third kappa shape index (κ3) is 6.38. The van der Waals surface area contributed by atoms with Crippen molar-refractivity contribution in [3.63, 3.8) is 0 Å². The van der Waals surface area contributed by atoms with Gasteiger partial charge in [0.15, 0.2) is 0 Å². The predicted octanol–water partition coefficient (Wildman–Crippen LogP) is 0.369. The second kappa shape index (κ2) is 6.12. The van der Waals surface area contributed by atoms with Gasteiger partial charge in [-0.15, -0.1) is 0 Å². The topological polar surface area (TPSA) is 74.6 Å². The molecule has 0 aliphatic heterocycles. The van der Waals surface area contributed by atoms with Gasteiger partial charge in [-0.2, -0.15) is 0 Å². The number of hydrogen-bond donors (Lipinski definition) is 2. The van der Waals surface area contributed by atoms with E-state index in [1.54, 1.807) is 0 Å². The highest BCUT2D eigenvalue weighted by atomic mass is 16.4. The van der Waals surface area contributed by atoms with E-state index in [4.69, 9.17) is 5.11 Å². The van der Waals surface area contributed by atoms with Crippen molar-refractivity contribution in [2.24, 2.45) is 11.8 Å². The first-order valence-electron chi connectivity index (χ1n) is 5.78. The van der Waals surface area contributed by atoms with Crippen LogP contribution in [0.4, 0.5) is 0 Å². The van der Waals surface area contributed by atoms with Crippen molar-refractivity contribution in [2.45, 2.75) is 26.4 Å². The minimum Gasteiger partial charge on any atom is -0.481 e. The van der Waals surface area contributed by atoms with Gasteiger partial charge in [0.25, 0.3) is 0 Å². The van der Waals surface area contributed by atoms with Crippen LogP contribution >= 0.6 is 0 Å². The third-order valence-electron chi connectivity index (χ3n) is 2.34. The van der Waals surface area contributed by atoms with Gasteiger partial charge in [-0.3, -0.25) is 9.59 Å². The number of aliphatic hydroxyl groups is 1. The summed E-state index contributed by atoms with van der Waals surface area (Å²) in [7, 11) is 5.53. The monoisotopic (exact) mass is 246 g/mol. The number of carbonyl (C=O) groups is 2. The summed E-state index contributed by atoms with van der Waals surface area (Å²) >= 11 is 0. The molecule has 0 heterocycles. The lowest BCUT2D eigenvalue weighted by Gasteiger charge is -2.29. The van der Waals surface area contributed by atoms with Gasteiger partial charge < -0.3 is 14.7 Å². The molecule has 0 aliphatic carbocycles. The second-order valence-corrected chi connectivity index (χ2v) is 5.92. The van der Waals surface area contributed by atoms with E-state index in [9.17, 15) is 14.7 Å². The number of likely N-dealkylation sites (N-methyl/N-ethyl adjacent to an activating group) is 1. The number of ketones is 1. The molecule has 5 nitrogen and oxygen atoms in total. The van der Waals surface area contributed by atoms with Crippen LogP contribution < -0.4 is 0 Å². The number of aliphatic hydroxyl groups excluding tert-OH is 1. The van der Waals surface area contributed by atoms with Crippen molar-refractivity contribution >= 4 is 11.8 Å². The maximum atomic E-state index is 11.8. The molecule has 0 bridgehead atoms. The third-order valence-corrected chi connectivity index (χ3v) is 2.34. The number of nitrogens with zero attached hydrogens (tertiary/aromatic N) is 1. The average Bonchev–Trinajstić information content (AvgIpc) is 1.96. The maximum Gasteiger partial charge on any atom is 0.316 e. The Morgan fingerprint density at radius 3 is 1.94 bits per heavy atom. The SMILES string of the molecule is CC(C)CC(=O)[C@H](C(=O)O)[C@H](O)C[N+](C)(C)C. The van der Waals surface area contributed by atoms with Crippen LogP contribution in [0.2, 0.25) is 0 Å². The zero-order chi connectivity index (χ0) is 13.8. The number of Topliss-reactive ketones (excluding diaryl/α,β-unsaturated/α-hetero) is 1. The maximum absolute atomic E-state index is 11.8. The van der Waals surface area contributed by atoms with Crippen LogP contribution in [0.15, 0.2) is 0 Å². The van der Waals surface area contributed by atoms with E-state index in [2.05, 4.69) is 0 Å². The zero-order valence-corrected chi connectivity index (χ0v) is 11.3. The fourth-order valence-electron chi connectivity index (χ4n) is 1.71. The number of carboxylic acids is 1. The Balaban J connectivity index is 4.74. The molecule has 0 amide bonds. The zero-order valence-electron chi connectivity index (χ0n) is 11.3. The molecule has 0 rings (SSSR count). The van der Waals surface area contributed by atoms with Crippen LogP contribution in [0, 0.1) is 11.8 Å². The molecule has 0 saturated carbocycles. The first-order chi connectivity index (χ1) is 7.54. The summed E-state index contributed by atoms with van der Waals surface area (Å²) < 4.78 is 0.417. The molecular formula is C12H24NO4+. The van der Waals surface area contributed by atoms with Gasteiger partial charge in [-0.1, -0.05) is 13.8 Å². The van der Waals surface area contributed by atoms with Crippen molar-refractivity contribution in [1.29, 1.82) is 0 Å². The van der Waals surface area contributed by atoms with E-state index in [-0.39, 0.29) is 18.9 Å². The van der Waals surface area contributed by atoms with E-state index in [1.165, 1.54) is 0 Å². The lowest BCUT2D eigenvalue weighted by Crippen LogP contribution is -2.48. The van der Waals surface area contributed by atoms with Crippen molar-refractivity contribution < 1.29 is 24.3 Å². The molecule has 0 fully saturated rings. The lowest BCUT2D eigenvalue weighted by atomic mass is 9.91.